The van der Waals surface area contributed by atoms with Crippen LogP contribution in [0.2, 0.25) is 0 Å². The van der Waals surface area contributed by atoms with Gasteiger partial charge in [-0.2, -0.15) is 0 Å². The average Bonchev–Trinajstić information content (AvgIpc) is 2.60. The number of carbonyl (C=O) groups excluding carboxylic acids is 1. The summed E-state index contributed by atoms with van der Waals surface area (Å²) in [5, 5.41) is 9.72. The first-order valence-corrected chi connectivity index (χ1v) is 9.25. The largest absolute Gasteiger partial charge is 0.355 e. The number of nitrogens with zero attached hydrogens (tertiary/aromatic N) is 1. The van der Waals surface area contributed by atoms with Crippen LogP contribution in [0.3, 0.4) is 0 Å². The van der Waals surface area contributed by atoms with E-state index in [0.717, 1.165) is 65.2 Å². The molecule has 2 aliphatic rings. The van der Waals surface area contributed by atoms with Gasteiger partial charge in [0.2, 0.25) is 5.91 Å². The van der Waals surface area contributed by atoms with Crippen molar-refractivity contribution < 1.29 is 6.22 Å². The number of piperazine rings is 1. The molecule has 22 heavy (non-hydrogen) atoms. The minimum atomic E-state index is 0. The van der Waals surface area contributed by atoms with Gasteiger partial charge < -0.3 is 16.0 Å². The molecule has 0 bridgehead atoms. The van der Waals surface area contributed by atoms with Gasteiger partial charge >= 0.3 is 0 Å². The van der Waals surface area contributed by atoms with Crippen molar-refractivity contribution in [3.63, 3.8) is 0 Å². The van der Waals surface area contributed by atoms with Crippen LogP contribution in [-0.4, -0.2) is 63.2 Å². The Bertz CT molecular complexity index is 255. The summed E-state index contributed by atoms with van der Waals surface area (Å²) in [5.41, 5.74) is 0. The highest BCUT2D eigenvalue weighted by Gasteiger charge is 2.16. The van der Waals surface area contributed by atoms with Gasteiger partial charge in [-0.15, -0.1) is 0 Å². The summed E-state index contributed by atoms with van der Waals surface area (Å²) in [6.07, 6.45) is 3.00. The van der Waals surface area contributed by atoms with Gasteiger partial charge in [0.05, 0.1) is 0 Å². The first kappa shape index (κ1) is 21.4. The van der Waals surface area contributed by atoms with Crippen molar-refractivity contribution in [2.45, 2.75) is 47.0 Å². The molecule has 3 N–H and O–H groups in total. The Labute approximate surface area is 139 Å². The molecular formula is C17H40N4O. The predicted octanol–water partition coefficient (Wildman–Crippen LogP) is 1.70. The first-order valence-electron chi connectivity index (χ1n) is 9.25. The van der Waals surface area contributed by atoms with Crippen LogP contribution < -0.4 is 16.0 Å². The highest BCUT2D eigenvalue weighted by Crippen LogP contribution is 2.15. The van der Waals surface area contributed by atoms with Crippen LogP contribution in [0.25, 0.3) is 0 Å². The molecule has 0 spiro atoms. The number of rotatable bonds is 5. The van der Waals surface area contributed by atoms with Crippen LogP contribution in [0.1, 0.15) is 48.4 Å². The smallest absolute Gasteiger partial charge is 0.220 e. The topological polar surface area (TPSA) is 56.4 Å². The Morgan fingerprint density at radius 3 is 2.18 bits per heavy atom. The molecule has 2 fully saturated rings. The molecule has 0 saturated carbocycles. The molecule has 2 aliphatic heterocycles. The van der Waals surface area contributed by atoms with Gasteiger partial charge in [-0.25, -0.2) is 0 Å². The summed E-state index contributed by atoms with van der Waals surface area (Å²) in [5.74, 6) is 0.822. The molecule has 1 amide bonds. The Morgan fingerprint density at radius 2 is 1.59 bits per heavy atom. The van der Waals surface area contributed by atoms with Crippen molar-refractivity contribution in [2.24, 2.45) is 5.92 Å². The molecular weight excluding hydrogens is 276 g/mol. The van der Waals surface area contributed by atoms with Crippen LogP contribution in [-0.2, 0) is 4.79 Å². The number of carbonyl (C=O) groups is 1. The van der Waals surface area contributed by atoms with E-state index in [0.29, 0.717) is 12.3 Å². The van der Waals surface area contributed by atoms with Crippen LogP contribution in [0.15, 0.2) is 0 Å². The van der Waals surface area contributed by atoms with Gasteiger partial charge in [0.25, 0.3) is 0 Å². The molecule has 0 atom stereocenters. The number of hydrogen-bond acceptors (Lipinski definition) is 4. The molecule has 2 rings (SSSR count). The number of hydrogen-bond donors (Lipinski definition) is 3. The van der Waals surface area contributed by atoms with E-state index < -0.39 is 0 Å². The molecule has 5 nitrogen and oxygen atoms in total. The third-order valence-corrected chi connectivity index (χ3v) is 3.89. The number of piperidine rings is 1. The SMILES string of the molecule is CC.CC.O=C(CC1CCNCC1)NCCN1CCNCC1.[HH]. The third kappa shape index (κ3) is 10.1. The van der Waals surface area contributed by atoms with Crippen molar-refractivity contribution in [1.29, 1.82) is 0 Å². The third-order valence-electron chi connectivity index (χ3n) is 3.89. The second kappa shape index (κ2) is 15.3. The van der Waals surface area contributed by atoms with Gasteiger partial charge in [-0.1, -0.05) is 27.7 Å². The zero-order valence-electron chi connectivity index (χ0n) is 15.2. The molecule has 0 aliphatic carbocycles. The van der Waals surface area contributed by atoms with Crippen LogP contribution in [0.4, 0.5) is 0 Å². The Morgan fingerprint density at radius 1 is 1.05 bits per heavy atom. The normalized spacial score (nSPS) is 19.3. The monoisotopic (exact) mass is 316 g/mol. The van der Waals surface area contributed by atoms with E-state index in [9.17, 15) is 4.79 Å². The quantitative estimate of drug-likeness (QED) is 0.722. The van der Waals surface area contributed by atoms with E-state index in [1.807, 2.05) is 27.7 Å². The summed E-state index contributed by atoms with van der Waals surface area (Å²) in [6.45, 7) is 16.3. The van der Waals surface area contributed by atoms with E-state index in [1.165, 1.54) is 0 Å². The van der Waals surface area contributed by atoms with E-state index >= 15 is 0 Å². The maximum atomic E-state index is 11.8. The second-order valence-corrected chi connectivity index (χ2v) is 5.34. The molecule has 0 aromatic carbocycles. The fourth-order valence-electron chi connectivity index (χ4n) is 2.71. The summed E-state index contributed by atoms with van der Waals surface area (Å²) >= 11 is 0. The minimum Gasteiger partial charge on any atom is -0.355 e. The van der Waals surface area contributed by atoms with Crippen molar-refractivity contribution in [3.8, 4) is 0 Å². The highest BCUT2D eigenvalue weighted by atomic mass is 16.1. The molecule has 134 valence electrons. The lowest BCUT2D eigenvalue weighted by molar-refractivity contribution is -0.122. The lowest BCUT2D eigenvalue weighted by atomic mass is 9.94. The van der Waals surface area contributed by atoms with Gasteiger partial charge in [-0.3, -0.25) is 9.69 Å². The van der Waals surface area contributed by atoms with Gasteiger partial charge in [0.1, 0.15) is 0 Å². The zero-order chi connectivity index (χ0) is 16.6. The summed E-state index contributed by atoms with van der Waals surface area (Å²) < 4.78 is 0. The zero-order valence-corrected chi connectivity index (χ0v) is 15.2. The van der Waals surface area contributed by atoms with Crippen molar-refractivity contribution in [1.82, 2.24) is 20.9 Å². The van der Waals surface area contributed by atoms with Crippen molar-refractivity contribution >= 4 is 5.91 Å². The van der Waals surface area contributed by atoms with Gasteiger partial charge in [0.15, 0.2) is 0 Å². The van der Waals surface area contributed by atoms with Crippen molar-refractivity contribution in [3.05, 3.63) is 0 Å². The van der Waals surface area contributed by atoms with Crippen LogP contribution in [0.5, 0.6) is 0 Å². The Hall–Kier alpha value is -0.650. The lowest BCUT2D eigenvalue weighted by Crippen LogP contribution is -2.46. The molecule has 2 heterocycles. The first-order chi connectivity index (χ1) is 10.8. The Balaban J connectivity index is 0. The van der Waals surface area contributed by atoms with Gasteiger partial charge in [-0.05, 0) is 31.8 Å². The number of amides is 1. The Kier molecular flexibility index (Phi) is 14.8. The van der Waals surface area contributed by atoms with Crippen LogP contribution >= 0.6 is 0 Å². The second-order valence-electron chi connectivity index (χ2n) is 5.34. The van der Waals surface area contributed by atoms with E-state index in [-0.39, 0.29) is 7.33 Å². The van der Waals surface area contributed by atoms with Gasteiger partial charge in [0, 0.05) is 47.1 Å². The summed E-state index contributed by atoms with van der Waals surface area (Å²) in [4.78, 5) is 14.2. The van der Waals surface area contributed by atoms with E-state index in [2.05, 4.69) is 20.9 Å². The number of nitrogens with one attached hydrogen (secondary N) is 3. The highest BCUT2D eigenvalue weighted by molar-refractivity contribution is 5.76. The fraction of sp³-hybridized carbons (Fsp3) is 0.941. The molecule has 2 saturated heterocycles. The molecule has 0 aromatic rings. The average molecular weight is 317 g/mol. The van der Waals surface area contributed by atoms with Crippen molar-refractivity contribution in [2.75, 3.05) is 52.4 Å². The fourth-order valence-corrected chi connectivity index (χ4v) is 2.71. The van der Waals surface area contributed by atoms with Crippen LogP contribution in [0, 0.1) is 5.92 Å². The van der Waals surface area contributed by atoms with E-state index in [1.54, 1.807) is 0 Å². The molecule has 5 heteroatoms. The maximum absolute atomic E-state index is 11.8. The molecule has 0 unspecified atom stereocenters. The predicted molar refractivity (Wildman–Crippen MR) is 97.3 cm³/mol. The summed E-state index contributed by atoms with van der Waals surface area (Å²) in [7, 11) is 0. The summed E-state index contributed by atoms with van der Waals surface area (Å²) in [6, 6.07) is 0. The lowest BCUT2D eigenvalue weighted by Gasteiger charge is -2.27. The van der Waals surface area contributed by atoms with E-state index in [4.69, 9.17) is 0 Å². The maximum Gasteiger partial charge on any atom is 0.220 e. The molecule has 0 radical (unpaired) electrons. The standard InChI is InChI=1S/C13H26N4O.2C2H6.H2/c18-13(11-12-1-3-14-4-2-12)16-7-10-17-8-5-15-6-9-17;2*1-2;/h12,14-15H,1-11H2,(H,16,18);2*1-2H3;1H. The minimum absolute atomic E-state index is 0. The molecule has 0 aromatic heterocycles.